The molecule has 3 N–H and O–H groups in total. The first-order chi connectivity index (χ1) is 14.3. The molecule has 0 radical (unpaired) electrons. The van der Waals surface area contributed by atoms with E-state index in [9.17, 15) is 22.0 Å². The van der Waals surface area contributed by atoms with Gasteiger partial charge in [-0.1, -0.05) is 25.5 Å². The molecule has 10 heteroatoms. The van der Waals surface area contributed by atoms with E-state index in [-0.39, 0.29) is 23.9 Å². The minimum absolute atomic E-state index is 0. The maximum absolute atomic E-state index is 14.0. The second kappa shape index (κ2) is 10.6. The zero-order chi connectivity index (χ0) is 21.8. The Morgan fingerprint density at radius 3 is 2.13 bits per heavy atom. The molecule has 1 heterocycles. The number of unbranched alkanes of at least 4 members (excludes halogenated alkanes) is 1. The predicted octanol–water partition coefficient (Wildman–Crippen LogP) is 5.62. The van der Waals surface area contributed by atoms with E-state index in [0.29, 0.717) is 13.0 Å². The highest BCUT2D eigenvalue weighted by Crippen LogP contribution is 2.31. The van der Waals surface area contributed by atoms with Crippen LogP contribution in [0.1, 0.15) is 37.2 Å². The highest BCUT2D eigenvalue weighted by molar-refractivity contribution is 5.85. The number of ether oxygens (including phenoxy) is 1. The lowest BCUT2D eigenvalue weighted by Crippen LogP contribution is -2.15. The first-order valence-electron chi connectivity index (χ1n) is 9.37. The van der Waals surface area contributed by atoms with E-state index in [1.54, 1.807) is 12.1 Å². The van der Waals surface area contributed by atoms with Crippen LogP contribution in [0.2, 0.25) is 0 Å². The van der Waals surface area contributed by atoms with Gasteiger partial charge in [-0.05, 0) is 30.5 Å². The minimum atomic E-state index is -2.22. The number of nitrogens with zero attached hydrogens (tertiary/aromatic N) is 1. The molecular weight excluding hydrogens is 441 g/mol. The second-order valence-electron chi connectivity index (χ2n) is 6.78. The van der Waals surface area contributed by atoms with Crippen molar-refractivity contribution >= 4 is 12.4 Å². The molecular formula is C21H21ClF5N3O. The van der Waals surface area contributed by atoms with Gasteiger partial charge in [-0.15, -0.1) is 12.4 Å². The molecule has 0 aliphatic carbocycles. The summed E-state index contributed by atoms with van der Waals surface area (Å²) in [6.45, 7) is 2.70. The Morgan fingerprint density at radius 1 is 0.968 bits per heavy atom. The Hall–Kier alpha value is -2.65. The monoisotopic (exact) mass is 461 g/mol. The van der Waals surface area contributed by atoms with Gasteiger partial charge in [0, 0.05) is 0 Å². The highest BCUT2D eigenvalue weighted by Gasteiger charge is 2.28. The van der Waals surface area contributed by atoms with Crippen LogP contribution in [-0.4, -0.2) is 16.6 Å². The fraction of sp³-hybridized carbons (Fsp3) is 0.286. The van der Waals surface area contributed by atoms with Crippen molar-refractivity contribution in [3.05, 3.63) is 70.9 Å². The van der Waals surface area contributed by atoms with Crippen LogP contribution in [0.4, 0.5) is 22.0 Å². The maximum atomic E-state index is 14.0. The molecule has 168 valence electrons. The summed E-state index contributed by atoms with van der Waals surface area (Å²) >= 11 is 0. The number of nitrogens with two attached hydrogens (primary N) is 1. The molecule has 4 nitrogen and oxygen atoms in total. The van der Waals surface area contributed by atoms with Crippen molar-refractivity contribution in [2.75, 3.05) is 6.61 Å². The molecule has 0 saturated heterocycles. The Kier molecular flexibility index (Phi) is 8.41. The first-order valence-corrected chi connectivity index (χ1v) is 9.37. The quantitative estimate of drug-likeness (QED) is 0.198. The number of rotatable bonds is 8. The van der Waals surface area contributed by atoms with Gasteiger partial charge < -0.3 is 15.5 Å². The van der Waals surface area contributed by atoms with Crippen molar-refractivity contribution in [3.8, 4) is 17.0 Å². The number of H-pyrrole nitrogens is 1. The van der Waals surface area contributed by atoms with E-state index < -0.39 is 40.7 Å². The van der Waals surface area contributed by atoms with Crippen LogP contribution >= 0.6 is 12.4 Å². The normalized spacial score (nSPS) is 11.8. The van der Waals surface area contributed by atoms with E-state index in [2.05, 4.69) is 16.9 Å². The van der Waals surface area contributed by atoms with Gasteiger partial charge in [0.15, 0.2) is 23.3 Å². The van der Waals surface area contributed by atoms with Crippen LogP contribution in [0.3, 0.4) is 0 Å². The van der Waals surface area contributed by atoms with Crippen LogP contribution in [0, 0.1) is 29.1 Å². The Balaban J connectivity index is 0.00000341. The third kappa shape index (κ3) is 5.34. The van der Waals surface area contributed by atoms with Gasteiger partial charge >= 0.3 is 0 Å². The van der Waals surface area contributed by atoms with Crippen molar-refractivity contribution in [2.24, 2.45) is 5.73 Å². The maximum Gasteiger partial charge on any atom is 0.200 e. The van der Waals surface area contributed by atoms with Gasteiger partial charge in [-0.25, -0.2) is 26.9 Å². The van der Waals surface area contributed by atoms with Gasteiger partial charge in [0.25, 0.3) is 0 Å². The number of benzene rings is 2. The van der Waals surface area contributed by atoms with Gasteiger partial charge in [0.2, 0.25) is 5.82 Å². The van der Waals surface area contributed by atoms with Gasteiger partial charge in [0.05, 0.1) is 30.1 Å². The number of nitrogens with one attached hydrogen (secondary N) is 1. The SMILES string of the molecule is CCCCOc1ccc(CC(N)c2ncc(-c3c(F)c(F)c(F)c(F)c3F)[nH]2)cc1.Cl. The lowest BCUT2D eigenvalue weighted by molar-refractivity contribution is 0.309. The first kappa shape index (κ1) is 24.6. The Morgan fingerprint density at radius 2 is 1.55 bits per heavy atom. The number of aromatic amines is 1. The topological polar surface area (TPSA) is 63.9 Å². The third-order valence-electron chi connectivity index (χ3n) is 4.57. The van der Waals surface area contributed by atoms with E-state index >= 15 is 0 Å². The van der Waals surface area contributed by atoms with Crippen molar-refractivity contribution < 1.29 is 26.7 Å². The van der Waals surface area contributed by atoms with Gasteiger partial charge in [-0.2, -0.15) is 0 Å². The summed E-state index contributed by atoms with van der Waals surface area (Å²) in [6, 6.07) is 6.58. The lowest BCUT2D eigenvalue weighted by atomic mass is 10.1. The summed E-state index contributed by atoms with van der Waals surface area (Å²) in [5.41, 5.74) is 5.52. The average molecular weight is 462 g/mol. The van der Waals surface area contributed by atoms with Crippen molar-refractivity contribution in [2.45, 2.75) is 32.2 Å². The smallest absolute Gasteiger partial charge is 0.200 e. The Bertz CT molecular complexity index is 998. The molecule has 1 aromatic heterocycles. The summed E-state index contributed by atoms with van der Waals surface area (Å²) in [5, 5.41) is 0. The van der Waals surface area contributed by atoms with Crippen LogP contribution in [0.5, 0.6) is 5.75 Å². The zero-order valence-electron chi connectivity index (χ0n) is 16.5. The lowest BCUT2D eigenvalue weighted by Gasteiger charge is -2.11. The zero-order valence-corrected chi connectivity index (χ0v) is 17.3. The molecule has 0 bridgehead atoms. The molecule has 3 rings (SSSR count). The average Bonchev–Trinajstić information content (AvgIpc) is 3.22. The van der Waals surface area contributed by atoms with Crippen molar-refractivity contribution in [1.82, 2.24) is 9.97 Å². The molecule has 2 aromatic carbocycles. The molecule has 1 atom stereocenters. The summed E-state index contributed by atoms with van der Waals surface area (Å²) in [4.78, 5) is 6.50. The standard InChI is InChI=1S/C21H20F5N3O.ClH/c1-2-3-8-30-12-6-4-11(5-7-12)9-13(27)21-28-10-14(29-21)15-16(22)18(24)20(26)19(25)17(15)23;/h4-7,10,13H,2-3,8-9,27H2,1H3,(H,28,29);1H. The molecule has 0 fully saturated rings. The Labute approximate surface area is 182 Å². The second-order valence-corrected chi connectivity index (χ2v) is 6.78. The summed E-state index contributed by atoms with van der Waals surface area (Å²) in [6.07, 6.45) is 3.30. The number of hydrogen-bond acceptors (Lipinski definition) is 3. The summed E-state index contributed by atoms with van der Waals surface area (Å²) < 4.78 is 73.7. The largest absolute Gasteiger partial charge is 0.494 e. The fourth-order valence-electron chi connectivity index (χ4n) is 2.90. The highest BCUT2D eigenvalue weighted by atomic mass is 35.5. The van der Waals surface area contributed by atoms with Crippen LogP contribution in [-0.2, 0) is 6.42 Å². The summed E-state index contributed by atoms with van der Waals surface area (Å²) in [7, 11) is 0. The molecule has 0 saturated carbocycles. The van der Waals surface area contributed by atoms with Gasteiger partial charge in [-0.3, -0.25) is 0 Å². The molecule has 31 heavy (non-hydrogen) atoms. The van der Waals surface area contributed by atoms with Crippen LogP contribution in [0.15, 0.2) is 30.5 Å². The minimum Gasteiger partial charge on any atom is -0.494 e. The number of halogens is 6. The van der Waals surface area contributed by atoms with E-state index in [1.807, 2.05) is 12.1 Å². The van der Waals surface area contributed by atoms with Crippen molar-refractivity contribution in [3.63, 3.8) is 0 Å². The molecule has 3 aromatic rings. The van der Waals surface area contributed by atoms with E-state index in [4.69, 9.17) is 10.5 Å². The number of imidazole rings is 1. The van der Waals surface area contributed by atoms with Crippen LogP contribution in [0.25, 0.3) is 11.3 Å². The number of aromatic nitrogens is 2. The molecule has 0 spiro atoms. The molecule has 0 aliphatic rings. The van der Waals surface area contributed by atoms with E-state index in [0.717, 1.165) is 30.4 Å². The third-order valence-corrected chi connectivity index (χ3v) is 4.57. The molecule has 0 aliphatic heterocycles. The fourth-order valence-corrected chi connectivity index (χ4v) is 2.90. The van der Waals surface area contributed by atoms with Crippen LogP contribution < -0.4 is 10.5 Å². The molecule has 0 amide bonds. The van der Waals surface area contributed by atoms with Gasteiger partial charge in [0.1, 0.15) is 11.6 Å². The molecule has 1 unspecified atom stereocenters. The van der Waals surface area contributed by atoms with Crippen molar-refractivity contribution in [1.29, 1.82) is 0 Å². The van der Waals surface area contributed by atoms with E-state index in [1.165, 1.54) is 0 Å². The summed E-state index contributed by atoms with van der Waals surface area (Å²) in [5.74, 6) is -9.25. The number of hydrogen-bond donors (Lipinski definition) is 2. The predicted molar refractivity (Wildman–Crippen MR) is 109 cm³/mol.